The van der Waals surface area contributed by atoms with Crippen molar-refractivity contribution in [3.05, 3.63) is 36.0 Å². The SMILES string of the molecule is CCn1ccc2cccc(C(=O)N(C)OC)c21. The number of aryl methyl sites for hydroxylation is 1. The maximum absolute atomic E-state index is 12.1. The number of hydrogen-bond acceptors (Lipinski definition) is 2. The lowest BCUT2D eigenvalue weighted by molar-refractivity contribution is -0.0755. The van der Waals surface area contributed by atoms with E-state index in [4.69, 9.17) is 4.84 Å². The van der Waals surface area contributed by atoms with Crippen LogP contribution < -0.4 is 0 Å². The molecule has 1 aromatic carbocycles. The van der Waals surface area contributed by atoms with Gasteiger partial charge in [-0.3, -0.25) is 9.63 Å². The van der Waals surface area contributed by atoms with Gasteiger partial charge in [0.05, 0.1) is 18.2 Å². The topological polar surface area (TPSA) is 34.5 Å². The van der Waals surface area contributed by atoms with Crippen molar-refractivity contribution in [1.29, 1.82) is 0 Å². The summed E-state index contributed by atoms with van der Waals surface area (Å²) in [4.78, 5) is 17.1. The number of amides is 1. The van der Waals surface area contributed by atoms with Crippen LogP contribution in [0.4, 0.5) is 0 Å². The van der Waals surface area contributed by atoms with Crippen molar-refractivity contribution < 1.29 is 9.63 Å². The van der Waals surface area contributed by atoms with Gasteiger partial charge in [-0.25, -0.2) is 5.06 Å². The van der Waals surface area contributed by atoms with Gasteiger partial charge in [0, 0.05) is 25.2 Å². The van der Waals surface area contributed by atoms with E-state index in [0.717, 1.165) is 17.4 Å². The van der Waals surface area contributed by atoms with Crippen molar-refractivity contribution in [3.8, 4) is 0 Å². The molecule has 4 heteroatoms. The monoisotopic (exact) mass is 232 g/mol. The summed E-state index contributed by atoms with van der Waals surface area (Å²) in [5.41, 5.74) is 1.63. The summed E-state index contributed by atoms with van der Waals surface area (Å²) < 4.78 is 2.06. The summed E-state index contributed by atoms with van der Waals surface area (Å²) in [5, 5.41) is 2.31. The van der Waals surface area contributed by atoms with E-state index in [0.29, 0.717) is 5.56 Å². The minimum Gasteiger partial charge on any atom is -0.347 e. The number of carbonyl (C=O) groups excluding carboxylic acids is 1. The highest BCUT2D eigenvalue weighted by Crippen LogP contribution is 2.21. The molecule has 90 valence electrons. The molecule has 1 aromatic heterocycles. The van der Waals surface area contributed by atoms with Gasteiger partial charge in [-0.15, -0.1) is 0 Å². The van der Waals surface area contributed by atoms with E-state index in [1.54, 1.807) is 7.05 Å². The van der Waals surface area contributed by atoms with Gasteiger partial charge in [0.2, 0.25) is 0 Å². The normalized spacial score (nSPS) is 10.8. The molecule has 17 heavy (non-hydrogen) atoms. The van der Waals surface area contributed by atoms with Crippen LogP contribution in [0.2, 0.25) is 0 Å². The van der Waals surface area contributed by atoms with Crippen molar-refractivity contribution in [2.75, 3.05) is 14.2 Å². The molecule has 0 aliphatic rings. The van der Waals surface area contributed by atoms with Gasteiger partial charge in [0.15, 0.2) is 0 Å². The number of hydrogen-bond donors (Lipinski definition) is 0. The first-order chi connectivity index (χ1) is 8.19. The minimum absolute atomic E-state index is 0.133. The van der Waals surface area contributed by atoms with Crippen LogP contribution in [0.15, 0.2) is 30.5 Å². The number of carbonyl (C=O) groups is 1. The lowest BCUT2D eigenvalue weighted by Crippen LogP contribution is -2.25. The second-order valence-electron chi connectivity index (χ2n) is 3.83. The molecule has 1 amide bonds. The summed E-state index contributed by atoms with van der Waals surface area (Å²) in [7, 11) is 3.09. The first-order valence-corrected chi connectivity index (χ1v) is 5.59. The van der Waals surface area contributed by atoms with Crippen molar-refractivity contribution in [3.63, 3.8) is 0 Å². The highest BCUT2D eigenvalue weighted by Gasteiger charge is 2.16. The summed E-state index contributed by atoms with van der Waals surface area (Å²) in [5.74, 6) is -0.133. The van der Waals surface area contributed by atoms with Crippen molar-refractivity contribution >= 4 is 16.8 Å². The van der Waals surface area contributed by atoms with E-state index in [1.807, 2.05) is 30.5 Å². The number of rotatable bonds is 3. The van der Waals surface area contributed by atoms with E-state index in [1.165, 1.54) is 12.2 Å². The first-order valence-electron chi connectivity index (χ1n) is 5.59. The lowest BCUT2D eigenvalue weighted by atomic mass is 10.1. The Morgan fingerprint density at radius 3 is 2.82 bits per heavy atom. The molecule has 0 aliphatic heterocycles. The van der Waals surface area contributed by atoms with Crippen LogP contribution in [0.1, 0.15) is 17.3 Å². The summed E-state index contributed by atoms with van der Waals surface area (Å²) in [6.07, 6.45) is 1.99. The smallest absolute Gasteiger partial charge is 0.279 e. The molecule has 0 bridgehead atoms. The van der Waals surface area contributed by atoms with E-state index in [2.05, 4.69) is 11.5 Å². The first kappa shape index (κ1) is 11.7. The molecule has 0 N–H and O–H groups in total. The number of benzene rings is 1. The predicted molar refractivity (Wildman–Crippen MR) is 66.7 cm³/mol. The van der Waals surface area contributed by atoms with Crippen LogP contribution >= 0.6 is 0 Å². The van der Waals surface area contributed by atoms with Gasteiger partial charge in [-0.05, 0) is 19.1 Å². The van der Waals surface area contributed by atoms with Gasteiger partial charge in [0.25, 0.3) is 5.91 Å². The average Bonchev–Trinajstić information content (AvgIpc) is 2.79. The third-order valence-electron chi connectivity index (χ3n) is 2.92. The lowest BCUT2D eigenvalue weighted by Gasteiger charge is -2.15. The van der Waals surface area contributed by atoms with E-state index in [9.17, 15) is 4.79 Å². The molecule has 1 heterocycles. The van der Waals surface area contributed by atoms with Crippen molar-refractivity contribution in [2.24, 2.45) is 0 Å². The Bertz CT molecular complexity index is 545. The number of nitrogens with zero attached hydrogens (tertiary/aromatic N) is 2. The molecule has 0 aliphatic carbocycles. The zero-order valence-corrected chi connectivity index (χ0v) is 10.3. The van der Waals surface area contributed by atoms with Crippen molar-refractivity contribution in [2.45, 2.75) is 13.5 Å². The number of aromatic nitrogens is 1. The average molecular weight is 232 g/mol. The Morgan fingerprint density at radius 2 is 2.18 bits per heavy atom. The van der Waals surface area contributed by atoms with Crippen LogP contribution in [-0.2, 0) is 11.4 Å². The molecule has 0 radical (unpaired) electrons. The van der Waals surface area contributed by atoms with Crippen LogP contribution in [0.3, 0.4) is 0 Å². The second-order valence-corrected chi connectivity index (χ2v) is 3.83. The molecule has 0 saturated carbocycles. The molecule has 0 atom stereocenters. The number of para-hydroxylation sites is 1. The van der Waals surface area contributed by atoms with Crippen LogP contribution in [0.25, 0.3) is 10.9 Å². The quantitative estimate of drug-likeness (QED) is 0.761. The van der Waals surface area contributed by atoms with Gasteiger partial charge in [-0.2, -0.15) is 0 Å². The zero-order valence-electron chi connectivity index (χ0n) is 10.3. The number of fused-ring (bicyclic) bond motifs is 1. The summed E-state index contributed by atoms with van der Waals surface area (Å²) in [6.45, 7) is 2.89. The Labute approximate surface area is 100 Å². The molecule has 4 nitrogen and oxygen atoms in total. The molecule has 0 unspecified atom stereocenters. The van der Waals surface area contributed by atoms with Crippen LogP contribution in [0, 0.1) is 0 Å². The summed E-state index contributed by atoms with van der Waals surface area (Å²) >= 11 is 0. The fraction of sp³-hybridized carbons (Fsp3) is 0.308. The molecule has 2 aromatic rings. The Hall–Kier alpha value is -1.81. The zero-order chi connectivity index (χ0) is 12.4. The fourth-order valence-corrected chi connectivity index (χ4v) is 1.95. The molecule has 0 saturated heterocycles. The Balaban J connectivity index is 2.60. The Morgan fingerprint density at radius 1 is 1.41 bits per heavy atom. The third-order valence-corrected chi connectivity index (χ3v) is 2.92. The van der Waals surface area contributed by atoms with Gasteiger partial charge in [-0.1, -0.05) is 12.1 Å². The van der Waals surface area contributed by atoms with Crippen LogP contribution in [0.5, 0.6) is 0 Å². The largest absolute Gasteiger partial charge is 0.347 e. The van der Waals surface area contributed by atoms with Crippen LogP contribution in [-0.4, -0.2) is 29.7 Å². The standard InChI is InChI=1S/C13H16N2O2/c1-4-15-9-8-10-6-5-7-11(12(10)15)13(16)14(2)17-3/h5-9H,4H2,1-3H3. The van der Waals surface area contributed by atoms with Crippen molar-refractivity contribution in [1.82, 2.24) is 9.63 Å². The molecule has 0 spiro atoms. The van der Waals surface area contributed by atoms with Gasteiger partial charge >= 0.3 is 0 Å². The second kappa shape index (κ2) is 4.59. The van der Waals surface area contributed by atoms with E-state index in [-0.39, 0.29) is 5.91 Å². The third kappa shape index (κ3) is 1.91. The maximum atomic E-state index is 12.1. The highest BCUT2D eigenvalue weighted by atomic mass is 16.7. The predicted octanol–water partition coefficient (Wildman–Crippen LogP) is 2.29. The van der Waals surface area contributed by atoms with Gasteiger partial charge in [0.1, 0.15) is 0 Å². The maximum Gasteiger partial charge on any atom is 0.279 e. The minimum atomic E-state index is -0.133. The molecule has 2 rings (SSSR count). The molecular formula is C13H16N2O2. The highest BCUT2D eigenvalue weighted by molar-refractivity contribution is 6.05. The summed E-state index contributed by atoms with van der Waals surface area (Å²) in [6, 6.07) is 7.74. The number of hydroxylamine groups is 2. The van der Waals surface area contributed by atoms with E-state index < -0.39 is 0 Å². The van der Waals surface area contributed by atoms with E-state index >= 15 is 0 Å². The Kier molecular flexibility index (Phi) is 3.15. The van der Waals surface area contributed by atoms with Gasteiger partial charge < -0.3 is 4.57 Å². The molecular weight excluding hydrogens is 216 g/mol. The molecule has 0 fully saturated rings. The fourth-order valence-electron chi connectivity index (χ4n) is 1.95.